The van der Waals surface area contributed by atoms with E-state index in [1.54, 1.807) is 17.0 Å². The molecule has 178 valence electrons. The molecule has 3 rings (SSSR count). The maximum Gasteiger partial charge on any atom is 0.223 e. The first-order valence-corrected chi connectivity index (χ1v) is 10.8. The molecule has 31 heavy (non-hydrogen) atoms. The number of hydrogen-bond acceptors (Lipinski definition) is 6. The number of ether oxygens (including phenoxy) is 1. The third-order valence-electron chi connectivity index (χ3n) is 5.10. The number of carbonyl (C=O) groups excluding carboxylic acids is 2. The zero-order valence-corrected chi connectivity index (χ0v) is 19.6. The van der Waals surface area contributed by atoms with Gasteiger partial charge in [-0.3, -0.25) is 9.59 Å². The Balaban J connectivity index is 0.000000526. The molecule has 0 saturated carbocycles. The van der Waals surface area contributed by atoms with Gasteiger partial charge in [-0.05, 0) is 49.4 Å². The number of rotatable bonds is 5. The molecule has 0 aliphatic carbocycles. The third kappa shape index (κ3) is 12.0. The van der Waals surface area contributed by atoms with Crippen molar-refractivity contribution in [2.24, 2.45) is 11.1 Å². The lowest BCUT2D eigenvalue weighted by atomic mass is 9.79. The molecular weight excluding hydrogens is 422 g/mol. The van der Waals surface area contributed by atoms with Gasteiger partial charge in [0.1, 0.15) is 0 Å². The summed E-state index contributed by atoms with van der Waals surface area (Å²) in [5, 5.41) is 19.7. The minimum atomic E-state index is -0.313. The van der Waals surface area contributed by atoms with E-state index in [2.05, 4.69) is 18.0 Å². The maximum atomic E-state index is 12.0. The van der Waals surface area contributed by atoms with Crippen molar-refractivity contribution in [1.29, 1.82) is 0 Å². The topological polar surface area (TPSA) is 125 Å². The fourth-order valence-corrected chi connectivity index (χ4v) is 3.37. The standard InChI is InChI=1S/C12H21NO3.C8H8ClNO.CH5N.CH4O/c1-12(3-6-16-7-4-12)8-11(15)13-5-2-10(14)9-13;9-8-3-1-7(2-4-8)5-10-6-11;2*1-2/h10,14H,2-9H2,1H3;1-4,6H,5H2,(H,10,11);2H2,1H3;2H,1H3. The van der Waals surface area contributed by atoms with Gasteiger partial charge in [0.15, 0.2) is 0 Å². The van der Waals surface area contributed by atoms with Crippen molar-refractivity contribution in [2.45, 2.75) is 45.3 Å². The normalized spacial score (nSPS) is 18.8. The average molecular weight is 460 g/mol. The van der Waals surface area contributed by atoms with Gasteiger partial charge in [-0.1, -0.05) is 30.7 Å². The van der Waals surface area contributed by atoms with Crippen LogP contribution in [0.2, 0.25) is 5.02 Å². The Morgan fingerprint density at radius 2 is 1.87 bits per heavy atom. The number of likely N-dealkylation sites (tertiary alicyclic amines) is 1. The zero-order valence-electron chi connectivity index (χ0n) is 18.8. The molecule has 5 N–H and O–H groups in total. The van der Waals surface area contributed by atoms with Gasteiger partial charge in [0.05, 0.1) is 6.10 Å². The van der Waals surface area contributed by atoms with Crippen molar-refractivity contribution in [3.8, 4) is 0 Å². The quantitative estimate of drug-likeness (QED) is 0.495. The second kappa shape index (κ2) is 16.9. The van der Waals surface area contributed by atoms with Crippen molar-refractivity contribution in [1.82, 2.24) is 10.2 Å². The third-order valence-corrected chi connectivity index (χ3v) is 5.35. The van der Waals surface area contributed by atoms with E-state index < -0.39 is 0 Å². The minimum absolute atomic E-state index is 0.100. The first-order chi connectivity index (χ1) is 14.9. The van der Waals surface area contributed by atoms with Gasteiger partial charge in [0, 0.05) is 51.4 Å². The van der Waals surface area contributed by atoms with Gasteiger partial charge < -0.3 is 30.9 Å². The predicted octanol–water partition coefficient (Wildman–Crippen LogP) is 1.56. The average Bonchev–Trinajstić information content (AvgIpc) is 3.23. The summed E-state index contributed by atoms with van der Waals surface area (Å²) in [5.74, 6) is 0.195. The van der Waals surface area contributed by atoms with Gasteiger partial charge in [-0.2, -0.15) is 0 Å². The van der Waals surface area contributed by atoms with Crippen LogP contribution in [0.4, 0.5) is 0 Å². The number of nitrogens with zero attached hydrogens (tertiary/aromatic N) is 1. The lowest BCUT2D eigenvalue weighted by Gasteiger charge is -2.34. The molecule has 1 atom stereocenters. The molecule has 9 heteroatoms. The number of aliphatic hydroxyl groups excluding tert-OH is 2. The summed E-state index contributed by atoms with van der Waals surface area (Å²) in [6.45, 7) is 5.50. The van der Waals surface area contributed by atoms with Crippen LogP contribution in [0.1, 0.15) is 38.2 Å². The molecule has 2 heterocycles. The van der Waals surface area contributed by atoms with Crippen LogP contribution in [0.25, 0.3) is 0 Å². The van der Waals surface area contributed by atoms with Crippen molar-refractivity contribution in [3.05, 3.63) is 34.9 Å². The Bertz CT molecular complexity index is 610. The van der Waals surface area contributed by atoms with Crippen molar-refractivity contribution < 1.29 is 24.5 Å². The largest absolute Gasteiger partial charge is 0.400 e. The summed E-state index contributed by atoms with van der Waals surface area (Å²) in [5.41, 5.74) is 5.64. The number of amides is 2. The van der Waals surface area contributed by atoms with Crippen LogP contribution in [-0.2, 0) is 20.9 Å². The van der Waals surface area contributed by atoms with Gasteiger partial charge in [0.2, 0.25) is 12.3 Å². The van der Waals surface area contributed by atoms with E-state index >= 15 is 0 Å². The van der Waals surface area contributed by atoms with E-state index in [1.165, 1.54) is 7.05 Å². The van der Waals surface area contributed by atoms with Crippen LogP contribution in [0.15, 0.2) is 24.3 Å². The van der Waals surface area contributed by atoms with E-state index in [0.717, 1.165) is 45.1 Å². The number of nitrogens with two attached hydrogens (primary N) is 1. The molecule has 1 unspecified atom stereocenters. The van der Waals surface area contributed by atoms with E-state index in [0.29, 0.717) is 37.5 Å². The molecule has 2 aliphatic heterocycles. The highest BCUT2D eigenvalue weighted by atomic mass is 35.5. The molecule has 2 aliphatic rings. The second-order valence-corrected chi connectivity index (χ2v) is 7.94. The van der Waals surface area contributed by atoms with Gasteiger partial charge in [-0.15, -0.1) is 0 Å². The fraction of sp³-hybridized carbons (Fsp3) is 0.636. The molecule has 0 radical (unpaired) electrons. The molecular formula is C22H38ClN3O5. The predicted molar refractivity (Wildman–Crippen MR) is 123 cm³/mol. The minimum Gasteiger partial charge on any atom is -0.400 e. The zero-order chi connectivity index (χ0) is 23.7. The lowest BCUT2D eigenvalue weighted by Crippen LogP contribution is -2.36. The molecule has 1 aromatic carbocycles. The van der Waals surface area contributed by atoms with Crippen molar-refractivity contribution in [3.63, 3.8) is 0 Å². The number of benzene rings is 1. The van der Waals surface area contributed by atoms with Crippen LogP contribution >= 0.6 is 11.6 Å². The molecule has 0 spiro atoms. The van der Waals surface area contributed by atoms with Crippen molar-refractivity contribution in [2.75, 3.05) is 40.5 Å². The molecule has 2 saturated heterocycles. The number of aliphatic hydroxyl groups is 2. The van der Waals surface area contributed by atoms with Crippen LogP contribution in [0.5, 0.6) is 0 Å². The number of nitrogens with one attached hydrogen (secondary N) is 1. The van der Waals surface area contributed by atoms with E-state index in [1.807, 2.05) is 12.1 Å². The summed E-state index contributed by atoms with van der Waals surface area (Å²) in [7, 11) is 2.50. The Morgan fingerprint density at radius 3 is 2.35 bits per heavy atom. The second-order valence-electron chi connectivity index (χ2n) is 7.51. The van der Waals surface area contributed by atoms with Crippen LogP contribution in [-0.4, -0.2) is 74.0 Å². The molecule has 0 aromatic heterocycles. The molecule has 1 aromatic rings. The highest BCUT2D eigenvalue weighted by Gasteiger charge is 2.33. The Morgan fingerprint density at radius 1 is 1.29 bits per heavy atom. The molecule has 2 amide bonds. The summed E-state index contributed by atoms with van der Waals surface area (Å²) in [4.78, 5) is 23.7. The SMILES string of the molecule is CC1(CC(=O)N2CCC(O)C2)CCOCC1.CN.CO.O=CNCc1ccc(Cl)cc1. The van der Waals surface area contributed by atoms with Crippen LogP contribution in [0.3, 0.4) is 0 Å². The summed E-state index contributed by atoms with van der Waals surface area (Å²) in [6, 6.07) is 7.34. The number of β-amino-alcohol motifs (C(OH)–C–C–N with tert-alkyl or cyclic N) is 1. The Hall–Kier alpha value is -1.71. The first-order valence-electron chi connectivity index (χ1n) is 10.4. The number of halogens is 1. The fourth-order valence-electron chi connectivity index (χ4n) is 3.25. The van der Waals surface area contributed by atoms with Gasteiger partial charge in [-0.25, -0.2) is 0 Å². The van der Waals surface area contributed by atoms with E-state index in [-0.39, 0.29) is 17.4 Å². The monoisotopic (exact) mass is 459 g/mol. The summed E-state index contributed by atoms with van der Waals surface area (Å²) >= 11 is 5.66. The summed E-state index contributed by atoms with van der Waals surface area (Å²) < 4.78 is 5.32. The van der Waals surface area contributed by atoms with E-state index in [4.69, 9.17) is 21.4 Å². The highest BCUT2D eigenvalue weighted by Crippen LogP contribution is 2.34. The lowest BCUT2D eigenvalue weighted by molar-refractivity contribution is -0.134. The van der Waals surface area contributed by atoms with Crippen molar-refractivity contribution >= 4 is 23.9 Å². The van der Waals surface area contributed by atoms with Crippen LogP contribution < -0.4 is 11.1 Å². The molecule has 0 bridgehead atoms. The molecule has 2 fully saturated rings. The highest BCUT2D eigenvalue weighted by molar-refractivity contribution is 6.30. The first kappa shape index (κ1) is 29.3. The van der Waals surface area contributed by atoms with Gasteiger partial charge >= 0.3 is 0 Å². The molecule has 8 nitrogen and oxygen atoms in total. The number of carbonyl (C=O) groups is 2. The Kier molecular flexibility index (Phi) is 16.0. The van der Waals surface area contributed by atoms with E-state index in [9.17, 15) is 14.7 Å². The Labute approximate surface area is 190 Å². The smallest absolute Gasteiger partial charge is 0.223 e. The maximum absolute atomic E-state index is 12.0. The number of hydrogen-bond donors (Lipinski definition) is 4. The van der Waals surface area contributed by atoms with Gasteiger partial charge in [0.25, 0.3) is 0 Å². The van der Waals surface area contributed by atoms with Crippen LogP contribution in [0, 0.1) is 5.41 Å². The summed E-state index contributed by atoms with van der Waals surface area (Å²) in [6.07, 6.45) is 3.62.